The van der Waals surface area contributed by atoms with E-state index >= 15 is 0 Å². The summed E-state index contributed by atoms with van der Waals surface area (Å²) in [7, 11) is 0. The van der Waals surface area contributed by atoms with Crippen LogP contribution >= 0.6 is 0 Å². The van der Waals surface area contributed by atoms with Crippen molar-refractivity contribution in [2.24, 2.45) is 0 Å². The minimum atomic E-state index is -0.318. The summed E-state index contributed by atoms with van der Waals surface area (Å²) in [5.41, 5.74) is 1.32. The van der Waals surface area contributed by atoms with Crippen LogP contribution in [0.25, 0.3) is 22.2 Å². The second-order valence-corrected chi connectivity index (χ2v) is 5.20. The normalized spacial score (nSPS) is 11.2. The van der Waals surface area contributed by atoms with Gasteiger partial charge in [-0.25, -0.2) is 9.07 Å². The van der Waals surface area contributed by atoms with Crippen molar-refractivity contribution in [1.82, 2.24) is 14.9 Å². The number of aromatic nitrogens is 3. The van der Waals surface area contributed by atoms with Crippen molar-refractivity contribution in [1.29, 1.82) is 0 Å². The van der Waals surface area contributed by atoms with Gasteiger partial charge >= 0.3 is 0 Å². The van der Waals surface area contributed by atoms with Gasteiger partial charge in [-0.15, -0.1) is 0 Å². The Morgan fingerprint density at radius 2 is 2.00 bits per heavy atom. The van der Waals surface area contributed by atoms with Crippen molar-refractivity contribution < 1.29 is 8.91 Å². The molecule has 114 valence electrons. The molecule has 1 aromatic carbocycles. The van der Waals surface area contributed by atoms with Crippen LogP contribution in [0.5, 0.6) is 0 Å². The molecule has 0 fully saturated rings. The highest BCUT2D eigenvalue weighted by molar-refractivity contribution is 5.92. The predicted molar refractivity (Wildman–Crippen MR) is 81.1 cm³/mol. The lowest BCUT2D eigenvalue weighted by atomic mass is 10.1. The molecule has 3 rings (SSSR count). The van der Waals surface area contributed by atoms with Gasteiger partial charge in [-0.05, 0) is 37.6 Å². The predicted octanol–water partition coefficient (Wildman–Crippen LogP) is 3.30. The van der Waals surface area contributed by atoms with Crippen LogP contribution in [0.3, 0.4) is 0 Å². The highest BCUT2D eigenvalue weighted by atomic mass is 19.1. The molecule has 6 heteroatoms. The van der Waals surface area contributed by atoms with Crippen LogP contribution in [0, 0.1) is 12.7 Å². The fourth-order valence-electron chi connectivity index (χ4n) is 2.40. The first-order chi connectivity index (χ1) is 10.6. The first-order valence-corrected chi connectivity index (χ1v) is 7.25. The Hall–Kier alpha value is -2.50. The van der Waals surface area contributed by atoms with Gasteiger partial charge in [-0.2, -0.15) is 5.10 Å². The molecule has 0 N–H and O–H groups in total. The van der Waals surface area contributed by atoms with E-state index < -0.39 is 0 Å². The molecule has 22 heavy (non-hydrogen) atoms. The molecular formula is C16H16FN3O2. The fraction of sp³-hybridized carbons (Fsp3) is 0.312. The smallest absolute Gasteiger partial charge is 0.296 e. The van der Waals surface area contributed by atoms with Gasteiger partial charge < -0.3 is 4.52 Å². The molecule has 0 aliphatic carbocycles. The van der Waals surface area contributed by atoms with Crippen LogP contribution < -0.4 is 5.56 Å². The maximum absolute atomic E-state index is 13.1. The maximum Gasteiger partial charge on any atom is 0.296 e. The number of rotatable bonds is 4. The summed E-state index contributed by atoms with van der Waals surface area (Å²) < 4.78 is 19.7. The average Bonchev–Trinajstić information content (AvgIpc) is 2.90. The van der Waals surface area contributed by atoms with Crippen LogP contribution in [0.15, 0.2) is 33.6 Å². The highest BCUT2D eigenvalue weighted by Crippen LogP contribution is 2.27. The lowest BCUT2D eigenvalue weighted by Crippen LogP contribution is -2.24. The van der Waals surface area contributed by atoms with Crippen molar-refractivity contribution in [3.05, 3.63) is 46.2 Å². The number of benzene rings is 1. The Kier molecular flexibility index (Phi) is 3.75. The van der Waals surface area contributed by atoms with Crippen molar-refractivity contribution in [2.75, 3.05) is 0 Å². The Labute approximate surface area is 126 Å². The lowest BCUT2D eigenvalue weighted by molar-refractivity contribution is 0.404. The number of hydrogen-bond acceptors (Lipinski definition) is 4. The number of fused-ring (bicyclic) bond motifs is 1. The quantitative estimate of drug-likeness (QED) is 0.742. The van der Waals surface area contributed by atoms with E-state index in [4.69, 9.17) is 4.52 Å². The molecule has 0 amide bonds. The number of nitrogens with zero attached hydrogens (tertiary/aromatic N) is 3. The summed E-state index contributed by atoms with van der Waals surface area (Å²) in [6, 6.07) is 6.01. The Morgan fingerprint density at radius 3 is 2.68 bits per heavy atom. The van der Waals surface area contributed by atoms with E-state index in [0.717, 1.165) is 18.4 Å². The highest BCUT2D eigenvalue weighted by Gasteiger charge is 2.18. The van der Waals surface area contributed by atoms with E-state index in [-0.39, 0.29) is 16.9 Å². The minimum Gasteiger partial charge on any atom is -0.360 e. The summed E-state index contributed by atoms with van der Waals surface area (Å²) in [6.07, 6.45) is 1.80. The zero-order valence-electron chi connectivity index (χ0n) is 12.5. The number of unbranched alkanes of at least 4 members (excludes halogenated alkanes) is 1. The maximum atomic E-state index is 13.1. The zero-order chi connectivity index (χ0) is 15.7. The molecule has 0 atom stereocenters. The largest absolute Gasteiger partial charge is 0.360 e. The summed E-state index contributed by atoms with van der Waals surface area (Å²) >= 11 is 0. The number of aryl methyl sites for hydroxylation is 2. The van der Waals surface area contributed by atoms with Crippen LogP contribution in [-0.4, -0.2) is 14.9 Å². The molecule has 3 aromatic rings. The van der Waals surface area contributed by atoms with Crippen LogP contribution in [0.4, 0.5) is 4.39 Å². The van der Waals surface area contributed by atoms with E-state index in [0.29, 0.717) is 23.4 Å². The summed E-state index contributed by atoms with van der Waals surface area (Å²) in [5.74, 6) is 0.211. The Bertz CT molecular complexity index is 865. The molecule has 2 heterocycles. The zero-order valence-corrected chi connectivity index (χ0v) is 12.5. The van der Waals surface area contributed by atoms with Crippen molar-refractivity contribution in [3.63, 3.8) is 0 Å². The average molecular weight is 301 g/mol. The third-order valence-electron chi connectivity index (χ3n) is 3.60. The fourth-order valence-corrected chi connectivity index (χ4v) is 2.40. The van der Waals surface area contributed by atoms with E-state index in [1.54, 1.807) is 19.1 Å². The monoisotopic (exact) mass is 301 g/mol. The molecule has 0 saturated carbocycles. The SMILES string of the molecule is CCCCn1nc(-c2ccc(F)cc2)c2c(C)onc2c1=O. The second-order valence-electron chi connectivity index (χ2n) is 5.20. The number of halogens is 1. The van der Waals surface area contributed by atoms with Crippen LogP contribution in [0.1, 0.15) is 25.5 Å². The third-order valence-corrected chi connectivity index (χ3v) is 3.60. The molecule has 0 spiro atoms. The molecule has 0 unspecified atom stereocenters. The van der Waals surface area contributed by atoms with Crippen molar-refractivity contribution in [3.8, 4) is 11.3 Å². The van der Waals surface area contributed by atoms with E-state index in [9.17, 15) is 9.18 Å². The van der Waals surface area contributed by atoms with E-state index in [2.05, 4.69) is 10.3 Å². The summed E-state index contributed by atoms with van der Waals surface area (Å²) in [6.45, 7) is 4.30. The Morgan fingerprint density at radius 1 is 1.27 bits per heavy atom. The van der Waals surface area contributed by atoms with Gasteiger partial charge in [0.05, 0.1) is 5.39 Å². The first-order valence-electron chi connectivity index (χ1n) is 7.25. The van der Waals surface area contributed by atoms with Crippen LogP contribution in [-0.2, 0) is 6.54 Å². The molecule has 0 aliphatic rings. The Balaban J connectivity index is 2.27. The molecule has 2 aromatic heterocycles. The van der Waals surface area contributed by atoms with Crippen LogP contribution in [0.2, 0.25) is 0 Å². The molecule has 5 nitrogen and oxygen atoms in total. The number of hydrogen-bond donors (Lipinski definition) is 0. The van der Waals surface area contributed by atoms with Gasteiger partial charge in [0.2, 0.25) is 0 Å². The summed E-state index contributed by atoms with van der Waals surface area (Å²) in [5, 5.41) is 8.91. The topological polar surface area (TPSA) is 60.9 Å². The summed E-state index contributed by atoms with van der Waals surface area (Å²) in [4.78, 5) is 12.4. The van der Waals surface area contributed by atoms with Crippen molar-refractivity contribution >= 4 is 10.9 Å². The standard InChI is InChI=1S/C16H16FN3O2/c1-3-4-9-20-16(21)15-13(10(2)22-19-15)14(18-20)11-5-7-12(17)8-6-11/h5-8H,3-4,9H2,1-2H3. The van der Waals surface area contributed by atoms with Crippen molar-refractivity contribution in [2.45, 2.75) is 33.2 Å². The molecule has 0 saturated heterocycles. The molecular weight excluding hydrogens is 285 g/mol. The second kappa shape index (κ2) is 5.71. The van der Waals surface area contributed by atoms with E-state index in [1.165, 1.54) is 16.8 Å². The first kappa shape index (κ1) is 14.4. The minimum absolute atomic E-state index is 0.258. The van der Waals surface area contributed by atoms with Gasteiger partial charge in [0, 0.05) is 12.1 Å². The van der Waals surface area contributed by atoms with E-state index in [1.807, 2.05) is 6.92 Å². The lowest BCUT2D eigenvalue weighted by Gasteiger charge is -2.08. The van der Waals surface area contributed by atoms with Gasteiger partial charge in [0.25, 0.3) is 5.56 Å². The molecule has 0 radical (unpaired) electrons. The van der Waals surface area contributed by atoms with Gasteiger partial charge in [-0.3, -0.25) is 4.79 Å². The third kappa shape index (κ3) is 2.41. The molecule has 0 aliphatic heterocycles. The molecule has 0 bridgehead atoms. The van der Waals surface area contributed by atoms with Gasteiger partial charge in [0.15, 0.2) is 5.52 Å². The van der Waals surface area contributed by atoms with Gasteiger partial charge in [0.1, 0.15) is 17.3 Å². The van der Waals surface area contributed by atoms with Gasteiger partial charge in [-0.1, -0.05) is 18.5 Å².